The molecular formula is C22H30O3. The topological polar surface area (TPSA) is 35.5 Å². The number of ketones is 1. The summed E-state index contributed by atoms with van der Waals surface area (Å²) in [7, 11) is 3.29. The van der Waals surface area contributed by atoms with E-state index in [9.17, 15) is 4.79 Å². The van der Waals surface area contributed by atoms with Crippen molar-refractivity contribution in [2.75, 3.05) is 14.2 Å². The summed E-state index contributed by atoms with van der Waals surface area (Å²) in [6.07, 6.45) is 7.26. The summed E-state index contributed by atoms with van der Waals surface area (Å²) in [5.41, 5.74) is 2.56. The van der Waals surface area contributed by atoms with E-state index in [1.165, 1.54) is 12.0 Å². The molecule has 2 aliphatic carbocycles. The molecular weight excluding hydrogens is 312 g/mol. The standard InChI is InChI=1S/C22H30O3/c1-21(2)12-7-13-22(3)19(21)9-6-8-16(23)20(22)15-10-11-17(24-4)18(14-15)25-5/h9-11,14,20H,6-8,12-13H2,1-5H3/t20-,22+/m1/s1. The Morgan fingerprint density at radius 1 is 1.04 bits per heavy atom. The van der Waals surface area contributed by atoms with Crippen LogP contribution in [0.15, 0.2) is 29.8 Å². The van der Waals surface area contributed by atoms with Gasteiger partial charge in [0.2, 0.25) is 0 Å². The molecule has 0 bridgehead atoms. The molecule has 136 valence electrons. The van der Waals surface area contributed by atoms with Crippen LogP contribution >= 0.6 is 0 Å². The highest BCUT2D eigenvalue weighted by Gasteiger charge is 2.49. The molecule has 3 nitrogen and oxygen atoms in total. The second-order valence-electron chi connectivity index (χ2n) is 8.33. The van der Waals surface area contributed by atoms with Crippen LogP contribution in [0.2, 0.25) is 0 Å². The van der Waals surface area contributed by atoms with Crippen LogP contribution in [0.5, 0.6) is 11.5 Å². The molecule has 0 N–H and O–H groups in total. The van der Waals surface area contributed by atoms with E-state index in [0.717, 1.165) is 24.8 Å². The van der Waals surface area contributed by atoms with Gasteiger partial charge < -0.3 is 9.47 Å². The average Bonchev–Trinajstić information content (AvgIpc) is 2.70. The Balaban J connectivity index is 2.13. The molecule has 0 saturated heterocycles. The van der Waals surface area contributed by atoms with Crippen LogP contribution in [-0.4, -0.2) is 20.0 Å². The minimum absolute atomic E-state index is 0.111. The zero-order valence-electron chi connectivity index (χ0n) is 16.1. The van der Waals surface area contributed by atoms with Crippen LogP contribution in [-0.2, 0) is 4.79 Å². The zero-order valence-corrected chi connectivity index (χ0v) is 16.1. The molecule has 1 fully saturated rings. The highest BCUT2D eigenvalue weighted by Crippen LogP contribution is 2.58. The number of Topliss-reactive ketones (excluding diaryl/α,β-unsaturated/α-hetero) is 1. The van der Waals surface area contributed by atoms with Crippen molar-refractivity contribution in [2.24, 2.45) is 10.8 Å². The quantitative estimate of drug-likeness (QED) is 0.700. The number of ether oxygens (including phenoxy) is 2. The molecule has 0 unspecified atom stereocenters. The monoisotopic (exact) mass is 342 g/mol. The van der Waals surface area contributed by atoms with Crippen molar-refractivity contribution < 1.29 is 14.3 Å². The van der Waals surface area contributed by atoms with Crippen LogP contribution in [0.3, 0.4) is 0 Å². The number of allylic oxidation sites excluding steroid dienone is 2. The van der Waals surface area contributed by atoms with E-state index in [-0.39, 0.29) is 16.7 Å². The summed E-state index contributed by atoms with van der Waals surface area (Å²) in [6, 6.07) is 5.96. The molecule has 3 rings (SSSR count). The van der Waals surface area contributed by atoms with E-state index in [1.807, 2.05) is 18.2 Å². The molecule has 1 aromatic carbocycles. The molecule has 0 heterocycles. The van der Waals surface area contributed by atoms with E-state index >= 15 is 0 Å². The Labute approximate surface area is 151 Å². The van der Waals surface area contributed by atoms with Gasteiger partial charge in [0.15, 0.2) is 11.5 Å². The van der Waals surface area contributed by atoms with E-state index in [2.05, 4.69) is 26.8 Å². The number of carbonyl (C=O) groups excluding carboxylic acids is 1. The SMILES string of the molecule is COc1ccc([C@@H]2C(=O)CCC=C3C(C)(C)CCC[C@@]32C)cc1OC. The number of fused-ring (bicyclic) bond motifs is 1. The predicted molar refractivity (Wildman–Crippen MR) is 100 cm³/mol. The summed E-state index contributed by atoms with van der Waals surface area (Å²) in [4.78, 5) is 13.1. The number of carbonyl (C=O) groups is 1. The van der Waals surface area contributed by atoms with E-state index in [0.29, 0.717) is 23.7 Å². The van der Waals surface area contributed by atoms with Crippen LogP contribution in [0.1, 0.15) is 64.4 Å². The third-order valence-electron chi connectivity index (χ3n) is 6.28. The maximum Gasteiger partial charge on any atom is 0.161 e. The maximum atomic E-state index is 13.1. The largest absolute Gasteiger partial charge is 0.493 e. The van der Waals surface area contributed by atoms with Crippen molar-refractivity contribution in [3.63, 3.8) is 0 Å². The van der Waals surface area contributed by atoms with E-state index in [4.69, 9.17) is 9.47 Å². The van der Waals surface area contributed by atoms with Gasteiger partial charge in [-0.25, -0.2) is 0 Å². The van der Waals surface area contributed by atoms with Crippen molar-refractivity contribution in [2.45, 2.75) is 58.8 Å². The fourth-order valence-electron chi connectivity index (χ4n) is 5.19. The molecule has 2 aliphatic rings. The Kier molecular flexibility index (Phi) is 4.70. The van der Waals surface area contributed by atoms with Gasteiger partial charge >= 0.3 is 0 Å². The van der Waals surface area contributed by atoms with Crippen LogP contribution in [0.25, 0.3) is 0 Å². The van der Waals surface area contributed by atoms with E-state index in [1.54, 1.807) is 14.2 Å². The van der Waals surface area contributed by atoms with Gasteiger partial charge in [0.05, 0.1) is 20.1 Å². The van der Waals surface area contributed by atoms with Crippen molar-refractivity contribution in [1.29, 1.82) is 0 Å². The van der Waals surface area contributed by atoms with Gasteiger partial charge in [-0.15, -0.1) is 0 Å². The fraction of sp³-hybridized carbons (Fsp3) is 0.591. The van der Waals surface area contributed by atoms with Crippen LogP contribution in [0, 0.1) is 10.8 Å². The lowest BCUT2D eigenvalue weighted by molar-refractivity contribution is -0.122. The molecule has 0 aromatic heterocycles. The summed E-state index contributed by atoms with van der Waals surface area (Å²) < 4.78 is 10.9. The van der Waals surface area contributed by atoms with Crippen molar-refractivity contribution in [1.82, 2.24) is 0 Å². The van der Waals surface area contributed by atoms with Crippen LogP contribution < -0.4 is 9.47 Å². The van der Waals surface area contributed by atoms with Gasteiger partial charge in [-0.05, 0) is 42.4 Å². The zero-order chi connectivity index (χ0) is 18.2. The molecule has 3 heteroatoms. The third kappa shape index (κ3) is 2.98. The highest BCUT2D eigenvalue weighted by atomic mass is 16.5. The smallest absolute Gasteiger partial charge is 0.161 e. The first-order valence-electron chi connectivity index (χ1n) is 9.29. The maximum absolute atomic E-state index is 13.1. The molecule has 1 aromatic rings. The molecule has 1 saturated carbocycles. The lowest BCUT2D eigenvalue weighted by atomic mass is 9.54. The second kappa shape index (κ2) is 6.51. The molecule has 0 radical (unpaired) electrons. The van der Waals surface area contributed by atoms with Crippen molar-refractivity contribution in [3.05, 3.63) is 35.4 Å². The number of rotatable bonds is 3. The first-order chi connectivity index (χ1) is 11.8. The summed E-state index contributed by atoms with van der Waals surface area (Å²) in [5.74, 6) is 1.64. The van der Waals surface area contributed by atoms with Gasteiger partial charge in [0, 0.05) is 11.8 Å². The molecule has 0 amide bonds. The first kappa shape index (κ1) is 18.0. The fourth-order valence-corrected chi connectivity index (χ4v) is 5.19. The molecule has 25 heavy (non-hydrogen) atoms. The summed E-state index contributed by atoms with van der Waals surface area (Å²) in [6.45, 7) is 6.96. The predicted octanol–water partition coefficient (Wildman–Crippen LogP) is 5.29. The Bertz CT molecular complexity index is 701. The normalized spacial score (nSPS) is 28.6. The summed E-state index contributed by atoms with van der Waals surface area (Å²) >= 11 is 0. The lowest BCUT2D eigenvalue weighted by Crippen LogP contribution is -2.40. The average molecular weight is 342 g/mol. The second-order valence-corrected chi connectivity index (χ2v) is 8.33. The van der Waals surface area contributed by atoms with Crippen molar-refractivity contribution >= 4 is 5.78 Å². The van der Waals surface area contributed by atoms with Gasteiger partial charge in [0.25, 0.3) is 0 Å². The van der Waals surface area contributed by atoms with Gasteiger partial charge in [-0.3, -0.25) is 4.79 Å². The van der Waals surface area contributed by atoms with Gasteiger partial charge in [0.1, 0.15) is 5.78 Å². The number of hydrogen-bond acceptors (Lipinski definition) is 3. The minimum Gasteiger partial charge on any atom is -0.493 e. The Morgan fingerprint density at radius 3 is 2.44 bits per heavy atom. The first-order valence-corrected chi connectivity index (χ1v) is 9.29. The van der Waals surface area contributed by atoms with Crippen molar-refractivity contribution in [3.8, 4) is 11.5 Å². The number of hydrogen-bond donors (Lipinski definition) is 0. The van der Waals surface area contributed by atoms with E-state index < -0.39 is 0 Å². The van der Waals surface area contributed by atoms with Crippen LogP contribution in [0.4, 0.5) is 0 Å². The Hall–Kier alpha value is -1.77. The lowest BCUT2D eigenvalue weighted by Gasteiger charge is -2.49. The third-order valence-corrected chi connectivity index (χ3v) is 6.28. The highest BCUT2D eigenvalue weighted by molar-refractivity contribution is 5.88. The number of methoxy groups -OCH3 is 2. The minimum atomic E-state index is -0.116. The number of benzene rings is 1. The summed E-state index contributed by atoms with van der Waals surface area (Å²) in [5, 5.41) is 0. The molecule has 2 atom stereocenters. The molecule has 0 spiro atoms. The Morgan fingerprint density at radius 2 is 1.76 bits per heavy atom. The molecule has 0 aliphatic heterocycles. The van der Waals surface area contributed by atoms with Gasteiger partial charge in [-0.1, -0.05) is 44.9 Å². The van der Waals surface area contributed by atoms with Gasteiger partial charge in [-0.2, -0.15) is 0 Å².